The molecule has 6 nitrogen and oxygen atoms in total. The zero-order valence-corrected chi connectivity index (χ0v) is 16.1. The molecule has 0 aliphatic rings. The molecule has 0 bridgehead atoms. The van der Waals surface area contributed by atoms with E-state index in [1.54, 1.807) is 35.6 Å². The van der Waals surface area contributed by atoms with Gasteiger partial charge < -0.3 is 16.0 Å². The molecule has 27 heavy (non-hydrogen) atoms. The van der Waals surface area contributed by atoms with Crippen LogP contribution in [-0.2, 0) is 4.79 Å². The van der Waals surface area contributed by atoms with Gasteiger partial charge >= 0.3 is 0 Å². The van der Waals surface area contributed by atoms with Crippen molar-refractivity contribution in [1.29, 1.82) is 0 Å². The number of aromatic nitrogens is 1. The van der Waals surface area contributed by atoms with Crippen molar-refractivity contribution in [1.82, 2.24) is 15.6 Å². The summed E-state index contributed by atoms with van der Waals surface area (Å²) < 4.78 is 1.13. The summed E-state index contributed by atoms with van der Waals surface area (Å²) >= 11 is 7.37. The van der Waals surface area contributed by atoms with Crippen molar-refractivity contribution in [2.45, 2.75) is 6.42 Å². The van der Waals surface area contributed by atoms with Gasteiger partial charge in [0.15, 0.2) is 5.13 Å². The molecule has 0 saturated heterocycles. The molecular formula is C19H19ClN4O2S. The van der Waals surface area contributed by atoms with Gasteiger partial charge in [0, 0.05) is 36.6 Å². The summed E-state index contributed by atoms with van der Waals surface area (Å²) in [6.07, 6.45) is 0.223. The van der Waals surface area contributed by atoms with Crippen LogP contribution in [0.3, 0.4) is 0 Å². The summed E-state index contributed by atoms with van der Waals surface area (Å²) in [4.78, 5) is 28.2. The highest BCUT2D eigenvalue weighted by molar-refractivity contribution is 7.22. The van der Waals surface area contributed by atoms with Crippen molar-refractivity contribution < 1.29 is 9.59 Å². The molecule has 8 heteroatoms. The average molecular weight is 403 g/mol. The number of halogens is 1. The van der Waals surface area contributed by atoms with E-state index in [2.05, 4.69) is 20.9 Å². The van der Waals surface area contributed by atoms with E-state index in [0.717, 1.165) is 15.3 Å². The van der Waals surface area contributed by atoms with Crippen molar-refractivity contribution in [3.63, 3.8) is 0 Å². The molecule has 1 heterocycles. The van der Waals surface area contributed by atoms with Crippen molar-refractivity contribution in [2.75, 3.05) is 25.0 Å². The Morgan fingerprint density at radius 2 is 1.74 bits per heavy atom. The maximum absolute atomic E-state index is 11.9. The molecule has 0 unspecified atom stereocenters. The average Bonchev–Trinajstić information content (AvgIpc) is 3.08. The van der Waals surface area contributed by atoms with Crippen LogP contribution in [0.25, 0.3) is 10.2 Å². The SMILES string of the molecule is O=C(CCNC(=O)c1ccc(Cl)cc1)NCCNc1nc2ccccc2s1. The van der Waals surface area contributed by atoms with E-state index >= 15 is 0 Å². The predicted molar refractivity (Wildman–Crippen MR) is 110 cm³/mol. The number of anilines is 1. The quantitative estimate of drug-likeness (QED) is 0.505. The van der Waals surface area contributed by atoms with E-state index in [0.29, 0.717) is 23.7 Å². The fourth-order valence-corrected chi connectivity index (χ4v) is 3.42. The van der Waals surface area contributed by atoms with Crippen LogP contribution in [0.1, 0.15) is 16.8 Å². The van der Waals surface area contributed by atoms with Crippen LogP contribution in [0.4, 0.5) is 5.13 Å². The number of nitrogens with one attached hydrogen (secondary N) is 3. The van der Waals surface area contributed by atoms with Crippen LogP contribution < -0.4 is 16.0 Å². The maximum atomic E-state index is 11.9. The van der Waals surface area contributed by atoms with Gasteiger partial charge in [-0.3, -0.25) is 9.59 Å². The van der Waals surface area contributed by atoms with Crippen molar-refractivity contribution in [2.24, 2.45) is 0 Å². The van der Waals surface area contributed by atoms with Gasteiger partial charge in [-0.25, -0.2) is 4.98 Å². The number of thiazole rings is 1. The molecule has 0 radical (unpaired) electrons. The van der Waals surface area contributed by atoms with Gasteiger partial charge in [0.25, 0.3) is 5.91 Å². The zero-order chi connectivity index (χ0) is 19.1. The number of benzene rings is 2. The lowest BCUT2D eigenvalue weighted by molar-refractivity contribution is -0.120. The molecule has 3 aromatic rings. The monoisotopic (exact) mass is 402 g/mol. The molecule has 0 aliphatic heterocycles. The van der Waals surface area contributed by atoms with Gasteiger partial charge in [-0.05, 0) is 36.4 Å². The van der Waals surface area contributed by atoms with Gasteiger partial charge in [-0.15, -0.1) is 0 Å². The summed E-state index contributed by atoms with van der Waals surface area (Å²) in [7, 11) is 0. The molecular weight excluding hydrogens is 384 g/mol. The highest BCUT2D eigenvalue weighted by atomic mass is 35.5. The Bertz CT molecular complexity index is 894. The Hall–Kier alpha value is -2.64. The third kappa shape index (κ3) is 5.67. The lowest BCUT2D eigenvalue weighted by Gasteiger charge is -2.07. The highest BCUT2D eigenvalue weighted by Crippen LogP contribution is 2.24. The molecule has 140 valence electrons. The lowest BCUT2D eigenvalue weighted by Crippen LogP contribution is -2.33. The maximum Gasteiger partial charge on any atom is 0.251 e. The molecule has 2 aromatic carbocycles. The lowest BCUT2D eigenvalue weighted by atomic mass is 10.2. The van der Waals surface area contributed by atoms with Crippen molar-refractivity contribution in [3.8, 4) is 0 Å². The largest absolute Gasteiger partial charge is 0.360 e. The summed E-state index contributed by atoms with van der Waals surface area (Å²) in [5, 5.41) is 10.1. The number of nitrogens with zero attached hydrogens (tertiary/aromatic N) is 1. The van der Waals surface area contributed by atoms with Crippen LogP contribution in [0.15, 0.2) is 48.5 Å². The molecule has 3 rings (SSSR count). The molecule has 0 saturated carbocycles. The van der Waals surface area contributed by atoms with E-state index in [1.807, 2.05) is 24.3 Å². The Balaban J connectivity index is 1.31. The molecule has 2 amide bonds. The first-order valence-corrected chi connectivity index (χ1v) is 9.71. The summed E-state index contributed by atoms with van der Waals surface area (Å²) in [5.74, 6) is -0.338. The Kier molecular flexibility index (Phi) is 6.62. The van der Waals surface area contributed by atoms with E-state index in [-0.39, 0.29) is 24.8 Å². The Labute approximate surface area is 165 Å². The molecule has 1 aromatic heterocycles. The fraction of sp³-hybridized carbons (Fsp3) is 0.211. The summed E-state index contributed by atoms with van der Waals surface area (Å²) in [5.41, 5.74) is 1.48. The summed E-state index contributed by atoms with van der Waals surface area (Å²) in [6.45, 7) is 1.35. The van der Waals surface area contributed by atoms with Gasteiger partial charge in [0.05, 0.1) is 10.2 Å². The van der Waals surface area contributed by atoms with Crippen LogP contribution in [0.5, 0.6) is 0 Å². The van der Waals surface area contributed by atoms with E-state index in [9.17, 15) is 9.59 Å². The topological polar surface area (TPSA) is 83.1 Å². The molecule has 0 fully saturated rings. The van der Waals surface area contributed by atoms with Gasteiger partial charge in [-0.2, -0.15) is 0 Å². The minimum atomic E-state index is -0.225. The van der Waals surface area contributed by atoms with Gasteiger partial charge in [0.1, 0.15) is 0 Å². The Morgan fingerprint density at radius 1 is 0.963 bits per heavy atom. The first-order valence-electron chi connectivity index (χ1n) is 8.52. The third-order valence-corrected chi connectivity index (χ3v) is 5.01. The smallest absolute Gasteiger partial charge is 0.251 e. The standard InChI is InChI=1S/C19H19ClN4O2S/c20-14-7-5-13(6-8-14)18(26)22-10-9-17(25)21-11-12-23-19-24-15-3-1-2-4-16(15)27-19/h1-8H,9-12H2,(H,21,25)(H,22,26)(H,23,24). The number of carbonyl (C=O) groups excluding carboxylic acids is 2. The second-order valence-electron chi connectivity index (χ2n) is 5.78. The minimum Gasteiger partial charge on any atom is -0.360 e. The van der Waals surface area contributed by atoms with Crippen molar-refractivity contribution >= 4 is 50.1 Å². The first kappa shape index (κ1) is 19.1. The fourth-order valence-electron chi connectivity index (χ4n) is 2.40. The van der Waals surface area contributed by atoms with Crippen molar-refractivity contribution in [3.05, 3.63) is 59.1 Å². The van der Waals surface area contributed by atoms with Crippen LogP contribution in [-0.4, -0.2) is 36.4 Å². The van der Waals surface area contributed by atoms with Crippen LogP contribution in [0, 0.1) is 0 Å². The molecule has 0 aliphatic carbocycles. The number of hydrogen-bond donors (Lipinski definition) is 3. The number of rotatable bonds is 8. The second kappa shape index (κ2) is 9.34. The van der Waals surface area contributed by atoms with Gasteiger partial charge in [0.2, 0.25) is 5.91 Å². The normalized spacial score (nSPS) is 10.6. The second-order valence-corrected chi connectivity index (χ2v) is 7.24. The van der Waals surface area contributed by atoms with Gasteiger partial charge in [-0.1, -0.05) is 35.1 Å². The number of fused-ring (bicyclic) bond motifs is 1. The van der Waals surface area contributed by atoms with Crippen LogP contribution in [0.2, 0.25) is 5.02 Å². The van der Waals surface area contributed by atoms with E-state index in [1.165, 1.54) is 0 Å². The summed E-state index contributed by atoms with van der Waals surface area (Å²) in [6, 6.07) is 14.5. The predicted octanol–water partition coefficient (Wildman–Crippen LogP) is 3.30. The zero-order valence-electron chi connectivity index (χ0n) is 14.5. The Morgan fingerprint density at radius 3 is 2.52 bits per heavy atom. The minimum absolute atomic E-state index is 0.113. The number of carbonyl (C=O) groups is 2. The van der Waals surface area contributed by atoms with Crippen LogP contribution >= 0.6 is 22.9 Å². The molecule has 3 N–H and O–H groups in total. The number of hydrogen-bond acceptors (Lipinski definition) is 5. The number of para-hydroxylation sites is 1. The highest BCUT2D eigenvalue weighted by Gasteiger charge is 2.07. The van der Waals surface area contributed by atoms with E-state index < -0.39 is 0 Å². The molecule has 0 spiro atoms. The third-order valence-electron chi connectivity index (χ3n) is 3.76. The van der Waals surface area contributed by atoms with E-state index in [4.69, 9.17) is 11.6 Å². The number of amides is 2. The molecule has 0 atom stereocenters. The first-order chi connectivity index (χ1) is 13.1.